The van der Waals surface area contributed by atoms with E-state index < -0.39 is 12.0 Å². The second-order valence-corrected chi connectivity index (χ2v) is 6.85. The minimum atomic E-state index is -2.25. The first-order valence-electron chi connectivity index (χ1n) is 7.94. The maximum absolute atomic E-state index is 13.0. The number of carbonyl (C=O) groups excluding carboxylic acids is 1. The highest BCUT2D eigenvalue weighted by atomic mass is 19.3. The highest BCUT2D eigenvalue weighted by Gasteiger charge is 2.58. The van der Waals surface area contributed by atoms with Gasteiger partial charge in [0.05, 0.1) is 0 Å². The third-order valence-electron chi connectivity index (χ3n) is 5.49. The molecule has 0 spiro atoms. The summed E-state index contributed by atoms with van der Waals surface area (Å²) in [6.07, 6.45) is 4.01. The SMILES string of the molecule is O=C(N1C2CCC1CC(CC(F)F)C2)C1(n2cnnn2)CC1. The van der Waals surface area contributed by atoms with Crippen LogP contribution in [0.25, 0.3) is 0 Å². The number of halogens is 2. The van der Waals surface area contributed by atoms with Crippen molar-refractivity contribution in [2.24, 2.45) is 5.92 Å². The molecule has 3 fully saturated rings. The molecular weight excluding hydrogens is 292 g/mol. The van der Waals surface area contributed by atoms with E-state index in [1.165, 1.54) is 6.33 Å². The van der Waals surface area contributed by atoms with Crippen molar-refractivity contribution in [3.63, 3.8) is 0 Å². The minimum Gasteiger partial charge on any atom is -0.335 e. The van der Waals surface area contributed by atoms with Gasteiger partial charge >= 0.3 is 0 Å². The number of fused-ring (bicyclic) bond motifs is 2. The molecule has 1 saturated carbocycles. The van der Waals surface area contributed by atoms with E-state index in [0.29, 0.717) is 12.8 Å². The fourth-order valence-electron chi connectivity index (χ4n) is 4.32. The Morgan fingerprint density at radius 1 is 1.27 bits per heavy atom. The number of nitrogens with zero attached hydrogens (tertiary/aromatic N) is 5. The first-order chi connectivity index (χ1) is 10.6. The molecule has 2 atom stereocenters. The predicted molar refractivity (Wildman–Crippen MR) is 72.0 cm³/mol. The Kier molecular flexibility index (Phi) is 3.16. The van der Waals surface area contributed by atoms with Crippen molar-refractivity contribution in [2.75, 3.05) is 0 Å². The van der Waals surface area contributed by atoms with Gasteiger partial charge in [0, 0.05) is 18.5 Å². The first-order valence-corrected chi connectivity index (χ1v) is 7.94. The number of amides is 1. The molecule has 8 heteroatoms. The van der Waals surface area contributed by atoms with Gasteiger partial charge in [-0.05, 0) is 54.9 Å². The normalized spacial score (nSPS) is 32.5. The van der Waals surface area contributed by atoms with Crippen LogP contribution in [0.1, 0.15) is 44.9 Å². The van der Waals surface area contributed by atoms with Crippen LogP contribution < -0.4 is 0 Å². The summed E-state index contributed by atoms with van der Waals surface area (Å²) in [6, 6.07) is 0.230. The summed E-state index contributed by atoms with van der Waals surface area (Å²) < 4.78 is 26.8. The van der Waals surface area contributed by atoms with Crippen LogP contribution in [0.4, 0.5) is 8.78 Å². The zero-order valence-corrected chi connectivity index (χ0v) is 12.2. The number of alkyl halides is 2. The summed E-state index contributed by atoms with van der Waals surface area (Å²) in [7, 11) is 0. The van der Waals surface area contributed by atoms with Crippen molar-refractivity contribution in [3.8, 4) is 0 Å². The van der Waals surface area contributed by atoms with Gasteiger partial charge in [0.15, 0.2) is 0 Å². The third-order valence-corrected chi connectivity index (χ3v) is 5.49. The molecule has 2 saturated heterocycles. The molecule has 0 N–H and O–H groups in total. The monoisotopic (exact) mass is 311 g/mol. The van der Waals surface area contributed by atoms with Crippen molar-refractivity contribution in [1.82, 2.24) is 25.1 Å². The van der Waals surface area contributed by atoms with Crippen molar-refractivity contribution in [2.45, 2.75) is 69.0 Å². The van der Waals surface area contributed by atoms with Crippen molar-refractivity contribution in [3.05, 3.63) is 6.33 Å². The lowest BCUT2D eigenvalue weighted by Gasteiger charge is -2.40. The van der Waals surface area contributed by atoms with E-state index in [2.05, 4.69) is 15.5 Å². The Bertz CT molecular complexity index is 546. The van der Waals surface area contributed by atoms with Gasteiger partial charge < -0.3 is 4.90 Å². The minimum absolute atomic E-state index is 0.0346. The molecule has 4 rings (SSSR count). The average Bonchev–Trinajstić information content (AvgIpc) is 3.00. The largest absolute Gasteiger partial charge is 0.335 e. The summed E-state index contributed by atoms with van der Waals surface area (Å²) in [4.78, 5) is 15.0. The van der Waals surface area contributed by atoms with Gasteiger partial charge in [-0.1, -0.05) is 0 Å². The van der Waals surface area contributed by atoms with E-state index >= 15 is 0 Å². The standard InChI is InChI=1S/C14H19F2N5O/c15-12(16)7-9-5-10-1-2-11(6-9)21(10)13(22)14(3-4-14)20-8-17-18-19-20/h8-12H,1-7H2. The highest BCUT2D eigenvalue weighted by molar-refractivity contribution is 5.88. The van der Waals surface area contributed by atoms with Gasteiger partial charge in [-0.2, -0.15) is 0 Å². The van der Waals surface area contributed by atoms with E-state index in [1.54, 1.807) is 4.68 Å². The lowest BCUT2D eigenvalue weighted by molar-refractivity contribution is -0.142. The van der Waals surface area contributed by atoms with E-state index in [4.69, 9.17) is 0 Å². The number of aromatic nitrogens is 4. The fourth-order valence-corrected chi connectivity index (χ4v) is 4.32. The Morgan fingerprint density at radius 3 is 2.45 bits per heavy atom. The number of carbonyl (C=O) groups is 1. The van der Waals surface area contributed by atoms with Crippen LogP contribution in [0, 0.1) is 5.92 Å². The van der Waals surface area contributed by atoms with Crippen molar-refractivity contribution < 1.29 is 13.6 Å². The number of hydrogen-bond acceptors (Lipinski definition) is 4. The highest BCUT2D eigenvalue weighted by Crippen LogP contribution is 2.49. The van der Waals surface area contributed by atoms with Crippen LogP contribution in [0.15, 0.2) is 6.33 Å². The molecule has 6 nitrogen and oxygen atoms in total. The van der Waals surface area contributed by atoms with Gasteiger partial charge in [0.1, 0.15) is 11.9 Å². The molecule has 120 valence electrons. The van der Waals surface area contributed by atoms with Crippen LogP contribution in [0.2, 0.25) is 0 Å². The molecule has 0 radical (unpaired) electrons. The van der Waals surface area contributed by atoms with Crippen molar-refractivity contribution in [1.29, 1.82) is 0 Å². The lowest BCUT2D eigenvalue weighted by Crippen LogP contribution is -2.52. The molecule has 2 bridgehead atoms. The molecule has 22 heavy (non-hydrogen) atoms. The summed E-state index contributed by atoms with van der Waals surface area (Å²) in [5.74, 6) is 0.132. The third kappa shape index (κ3) is 2.11. The zero-order chi connectivity index (χ0) is 15.3. The van der Waals surface area contributed by atoms with Crippen molar-refractivity contribution >= 4 is 5.91 Å². The zero-order valence-electron chi connectivity index (χ0n) is 12.2. The topological polar surface area (TPSA) is 63.9 Å². The molecule has 2 unspecified atom stereocenters. The summed E-state index contributed by atoms with van der Waals surface area (Å²) in [5, 5.41) is 11.2. The number of rotatable bonds is 4. The Hall–Kier alpha value is -1.60. The van der Waals surface area contributed by atoms with Crippen LogP contribution in [-0.4, -0.2) is 49.5 Å². The lowest BCUT2D eigenvalue weighted by atomic mass is 9.87. The van der Waals surface area contributed by atoms with Crippen LogP contribution >= 0.6 is 0 Å². The van der Waals surface area contributed by atoms with Gasteiger partial charge in [-0.15, -0.1) is 5.10 Å². The quantitative estimate of drug-likeness (QED) is 0.847. The Labute approximate surface area is 126 Å². The number of hydrogen-bond donors (Lipinski definition) is 0. The van der Waals surface area contributed by atoms with E-state index in [9.17, 15) is 13.6 Å². The molecule has 1 amide bonds. The van der Waals surface area contributed by atoms with Crippen LogP contribution in [-0.2, 0) is 10.3 Å². The molecule has 2 aliphatic heterocycles. The summed E-state index contributed by atoms with van der Waals surface area (Å²) in [6.45, 7) is 0. The molecule has 3 aliphatic rings. The Morgan fingerprint density at radius 2 is 1.95 bits per heavy atom. The number of piperidine rings is 1. The van der Waals surface area contributed by atoms with Gasteiger partial charge in [-0.25, -0.2) is 13.5 Å². The average molecular weight is 311 g/mol. The summed E-state index contributed by atoms with van der Waals surface area (Å²) in [5.41, 5.74) is -0.611. The second kappa shape index (κ2) is 4.96. The maximum atomic E-state index is 13.0. The second-order valence-electron chi connectivity index (χ2n) is 6.85. The Balaban J connectivity index is 1.51. The van der Waals surface area contributed by atoms with E-state index in [0.717, 1.165) is 25.7 Å². The van der Waals surface area contributed by atoms with Gasteiger partial charge in [0.2, 0.25) is 6.43 Å². The smallest absolute Gasteiger partial charge is 0.251 e. The molecule has 1 aromatic rings. The fraction of sp³-hybridized carbons (Fsp3) is 0.857. The number of tetrazole rings is 1. The summed E-state index contributed by atoms with van der Waals surface area (Å²) >= 11 is 0. The molecular formula is C14H19F2N5O. The van der Waals surface area contributed by atoms with E-state index in [1.807, 2.05) is 4.90 Å². The maximum Gasteiger partial charge on any atom is 0.251 e. The van der Waals surface area contributed by atoms with Crippen LogP contribution in [0.3, 0.4) is 0 Å². The first kappa shape index (κ1) is 14.0. The molecule has 1 aliphatic carbocycles. The molecule has 0 aromatic carbocycles. The van der Waals surface area contributed by atoms with Gasteiger partial charge in [0.25, 0.3) is 5.91 Å². The predicted octanol–water partition coefficient (Wildman–Crippen LogP) is 1.59. The molecule has 1 aromatic heterocycles. The molecule has 3 heterocycles. The van der Waals surface area contributed by atoms with Gasteiger partial charge in [-0.3, -0.25) is 4.79 Å². The van der Waals surface area contributed by atoms with Crippen LogP contribution in [0.5, 0.6) is 0 Å². The van der Waals surface area contributed by atoms with E-state index in [-0.39, 0.29) is 30.3 Å².